The molecule has 0 bridgehead atoms. The highest BCUT2D eigenvalue weighted by atomic mass is 16.3. The standard InChI is InChI=1S/C13H14N2O2/c1-15(6-7-16)12-4-5-13-10(8-12)2-3-11(9-17)14-13/h2-5,8-9,16H,6-7H2,1H3. The van der Waals surface area contributed by atoms with Crippen molar-refractivity contribution in [2.24, 2.45) is 0 Å². The van der Waals surface area contributed by atoms with Gasteiger partial charge in [0.05, 0.1) is 12.1 Å². The number of aldehydes is 1. The molecule has 17 heavy (non-hydrogen) atoms. The van der Waals surface area contributed by atoms with Crippen molar-refractivity contribution in [1.82, 2.24) is 4.98 Å². The summed E-state index contributed by atoms with van der Waals surface area (Å²) in [6.45, 7) is 0.711. The van der Waals surface area contributed by atoms with E-state index in [4.69, 9.17) is 5.11 Å². The van der Waals surface area contributed by atoms with Crippen LogP contribution in [0.1, 0.15) is 10.5 Å². The average Bonchev–Trinajstić information content (AvgIpc) is 2.37. The summed E-state index contributed by atoms with van der Waals surface area (Å²) in [6, 6.07) is 9.38. The first-order valence-electron chi connectivity index (χ1n) is 5.42. The van der Waals surface area contributed by atoms with Crippen LogP contribution >= 0.6 is 0 Å². The Hall–Kier alpha value is -1.94. The van der Waals surface area contributed by atoms with E-state index in [1.54, 1.807) is 6.07 Å². The van der Waals surface area contributed by atoms with Gasteiger partial charge in [-0.05, 0) is 24.3 Å². The molecule has 0 amide bonds. The van der Waals surface area contributed by atoms with Crippen molar-refractivity contribution >= 4 is 22.9 Å². The van der Waals surface area contributed by atoms with Crippen molar-refractivity contribution in [1.29, 1.82) is 0 Å². The van der Waals surface area contributed by atoms with E-state index in [2.05, 4.69) is 4.98 Å². The Labute approximate surface area is 99.5 Å². The molecule has 0 fully saturated rings. The largest absolute Gasteiger partial charge is 0.395 e. The summed E-state index contributed by atoms with van der Waals surface area (Å²) in [5.41, 5.74) is 2.26. The van der Waals surface area contributed by atoms with Crippen LogP contribution in [0.15, 0.2) is 30.3 Å². The van der Waals surface area contributed by atoms with Gasteiger partial charge in [-0.1, -0.05) is 6.07 Å². The quantitative estimate of drug-likeness (QED) is 0.808. The summed E-state index contributed by atoms with van der Waals surface area (Å²) in [4.78, 5) is 16.8. The minimum atomic E-state index is 0.122. The zero-order chi connectivity index (χ0) is 12.3. The fraction of sp³-hybridized carbons (Fsp3) is 0.231. The molecular weight excluding hydrogens is 216 g/mol. The third-order valence-corrected chi connectivity index (χ3v) is 2.69. The third-order valence-electron chi connectivity index (χ3n) is 2.69. The highest BCUT2D eigenvalue weighted by molar-refractivity contribution is 5.85. The Kier molecular flexibility index (Phi) is 3.35. The predicted molar refractivity (Wildman–Crippen MR) is 67.5 cm³/mol. The minimum Gasteiger partial charge on any atom is -0.395 e. The molecule has 0 atom stereocenters. The Bertz CT molecular complexity index is 540. The molecule has 1 aromatic carbocycles. The molecule has 2 aromatic rings. The number of benzene rings is 1. The van der Waals surface area contributed by atoms with Crippen molar-refractivity contribution < 1.29 is 9.90 Å². The van der Waals surface area contributed by atoms with Gasteiger partial charge in [0.25, 0.3) is 0 Å². The molecule has 2 rings (SSSR count). The Morgan fingerprint density at radius 2 is 2.18 bits per heavy atom. The smallest absolute Gasteiger partial charge is 0.168 e. The zero-order valence-electron chi connectivity index (χ0n) is 9.63. The number of fused-ring (bicyclic) bond motifs is 1. The second-order valence-corrected chi connectivity index (χ2v) is 3.88. The normalized spacial score (nSPS) is 10.5. The number of pyridine rings is 1. The van der Waals surface area contributed by atoms with Gasteiger partial charge in [-0.25, -0.2) is 4.98 Å². The average molecular weight is 230 g/mol. The molecule has 0 radical (unpaired) electrons. The molecule has 4 heteroatoms. The molecular formula is C13H14N2O2. The summed E-state index contributed by atoms with van der Waals surface area (Å²) in [5, 5.41) is 9.87. The number of carbonyl (C=O) groups is 1. The lowest BCUT2D eigenvalue weighted by molar-refractivity contribution is 0.111. The number of hydrogen-bond donors (Lipinski definition) is 1. The number of hydrogen-bond acceptors (Lipinski definition) is 4. The lowest BCUT2D eigenvalue weighted by Crippen LogP contribution is -2.20. The highest BCUT2D eigenvalue weighted by Crippen LogP contribution is 2.20. The number of nitrogens with zero attached hydrogens (tertiary/aromatic N) is 2. The van der Waals surface area contributed by atoms with Crippen molar-refractivity contribution in [3.8, 4) is 0 Å². The second-order valence-electron chi connectivity index (χ2n) is 3.88. The molecule has 0 saturated carbocycles. The molecule has 1 aromatic heterocycles. The number of aliphatic hydroxyl groups is 1. The first-order chi connectivity index (χ1) is 8.24. The van der Waals surface area contributed by atoms with Gasteiger partial charge in [-0.2, -0.15) is 0 Å². The third kappa shape index (κ3) is 2.42. The van der Waals surface area contributed by atoms with E-state index in [9.17, 15) is 4.79 Å². The Morgan fingerprint density at radius 3 is 2.88 bits per heavy atom. The SMILES string of the molecule is CN(CCO)c1ccc2nc(C=O)ccc2c1. The molecule has 1 N–H and O–H groups in total. The van der Waals surface area contributed by atoms with Gasteiger partial charge in [-0.15, -0.1) is 0 Å². The molecule has 4 nitrogen and oxygen atoms in total. The van der Waals surface area contributed by atoms with Gasteiger partial charge in [-0.3, -0.25) is 4.79 Å². The Balaban J connectivity index is 2.41. The van der Waals surface area contributed by atoms with E-state index >= 15 is 0 Å². The minimum absolute atomic E-state index is 0.122. The maximum Gasteiger partial charge on any atom is 0.168 e. The van der Waals surface area contributed by atoms with Crippen molar-refractivity contribution in [2.45, 2.75) is 0 Å². The Morgan fingerprint density at radius 1 is 1.35 bits per heavy atom. The summed E-state index contributed by atoms with van der Waals surface area (Å²) in [6.07, 6.45) is 0.741. The molecule has 0 unspecified atom stereocenters. The molecule has 0 saturated heterocycles. The lowest BCUT2D eigenvalue weighted by atomic mass is 10.1. The number of aromatic nitrogens is 1. The van der Waals surface area contributed by atoms with Gasteiger partial charge in [0.15, 0.2) is 6.29 Å². The van der Waals surface area contributed by atoms with E-state index in [1.165, 1.54) is 0 Å². The first kappa shape index (κ1) is 11.5. The molecule has 0 aliphatic carbocycles. The fourth-order valence-corrected chi connectivity index (χ4v) is 1.71. The maximum absolute atomic E-state index is 10.6. The topological polar surface area (TPSA) is 53.4 Å². The van der Waals surface area contributed by atoms with Gasteiger partial charge >= 0.3 is 0 Å². The summed E-state index contributed by atoms with van der Waals surface area (Å²) in [7, 11) is 1.92. The van der Waals surface area contributed by atoms with E-state index in [1.807, 2.05) is 36.2 Å². The van der Waals surface area contributed by atoms with Crippen LogP contribution in [0.5, 0.6) is 0 Å². The van der Waals surface area contributed by atoms with E-state index in [-0.39, 0.29) is 6.61 Å². The summed E-state index contributed by atoms with van der Waals surface area (Å²) < 4.78 is 0. The van der Waals surface area contributed by atoms with Crippen molar-refractivity contribution in [2.75, 3.05) is 25.1 Å². The van der Waals surface area contributed by atoms with Gasteiger partial charge in [0.2, 0.25) is 0 Å². The molecule has 0 spiro atoms. The number of carbonyl (C=O) groups excluding carboxylic acids is 1. The summed E-state index contributed by atoms with van der Waals surface area (Å²) in [5.74, 6) is 0. The summed E-state index contributed by atoms with van der Waals surface area (Å²) >= 11 is 0. The van der Waals surface area contributed by atoms with E-state index in [0.29, 0.717) is 12.2 Å². The number of aliphatic hydroxyl groups excluding tert-OH is 1. The number of rotatable bonds is 4. The molecule has 88 valence electrons. The van der Waals surface area contributed by atoms with Crippen LogP contribution in [0.25, 0.3) is 10.9 Å². The van der Waals surface area contributed by atoms with Crippen LogP contribution in [0.2, 0.25) is 0 Å². The number of anilines is 1. The van der Waals surface area contributed by atoms with Crippen molar-refractivity contribution in [3.63, 3.8) is 0 Å². The monoisotopic (exact) mass is 230 g/mol. The molecule has 1 heterocycles. The second kappa shape index (κ2) is 4.93. The van der Waals surface area contributed by atoms with Gasteiger partial charge in [0.1, 0.15) is 5.69 Å². The number of likely N-dealkylation sites (N-methyl/N-ethyl adjacent to an activating group) is 1. The van der Waals surface area contributed by atoms with E-state index in [0.717, 1.165) is 22.9 Å². The molecule has 0 aliphatic heterocycles. The molecule has 0 aliphatic rings. The maximum atomic E-state index is 10.6. The zero-order valence-corrected chi connectivity index (χ0v) is 9.63. The van der Waals surface area contributed by atoms with Crippen LogP contribution in [0.4, 0.5) is 5.69 Å². The van der Waals surface area contributed by atoms with Crippen molar-refractivity contribution in [3.05, 3.63) is 36.0 Å². The van der Waals surface area contributed by atoms with Gasteiger partial charge < -0.3 is 10.0 Å². The van der Waals surface area contributed by atoms with Crippen LogP contribution in [-0.4, -0.2) is 36.6 Å². The van der Waals surface area contributed by atoms with E-state index < -0.39 is 0 Å². The fourth-order valence-electron chi connectivity index (χ4n) is 1.71. The predicted octanol–water partition coefficient (Wildman–Crippen LogP) is 1.48. The lowest BCUT2D eigenvalue weighted by Gasteiger charge is -2.18. The van der Waals surface area contributed by atoms with Crippen LogP contribution in [0.3, 0.4) is 0 Å². The first-order valence-corrected chi connectivity index (χ1v) is 5.42. The van der Waals surface area contributed by atoms with Gasteiger partial charge in [0, 0.05) is 24.7 Å². The van der Waals surface area contributed by atoms with Crippen LogP contribution in [0, 0.1) is 0 Å². The van der Waals surface area contributed by atoms with Crippen LogP contribution in [-0.2, 0) is 0 Å². The highest BCUT2D eigenvalue weighted by Gasteiger charge is 2.03. The van der Waals surface area contributed by atoms with Crippen LogP contribution < -0.4 is 4.90 Å².